The summed E-state index contributed by atoms with van der Waals surface area (Å²) >= 11 is 0. The lowest BCUT2D eigenvalue weighted by Gasteiger charge is -2.32. The molecule has 2 nitrogen and oxygen atoms in total. The lowest BCUT2D eigenvalue weighted by atomic mass is 9.80. The molecule has 1 aliphatic carbocycles. The lowest BCUT2D eigenvalue weighted by Crippen LogP contribution is -2.34. The number of aliphatic hydroxyl groups is 2. The van der Waals surface area contributed by atoms with Crippen molar-refractivity contribution in [1.29, 1.82) is 0 Å². The van der Waals surface area contributed by atoms with E-state index in [1.165, 1.54) is 19.3 Å². The fraction of sp³-hybridized carbons (Fsp3) is 0.857. The van der Waals surface area contributed by atoms with Gasteiger partial charge in [0.2, 0.25) is 0 Å². The summed E-state index contributed by atoms with van der Waals surface area (Å²) in [5, 5.41) is 20.3. The van der Waals surface area contributed by atoms with E-state index in [1.807, 2.05) is 6.92 Å². The standard InChI is InChI=1S/C14H26O2/c1-11(2)9-14(3,16)10-13(15)12-7-5-4-6-8-12/h12-13,15-16H,1,4-10H2,2-3H3/t13-,14+/m1/s1. The smallest absolute Gasteiger partial charge is 0.0681 e. The van der Waals surface area contributed by atoms with Crippen molar-refractivity contribution in [2.75, 3.05) is 0 Å². The molecule has 0 aliphatic heterocycles. The van der Waals surface area contributed by atoms with E-state index in [4.69, 9.17) is 0 Å². The van der Waals surface area contributed by atoms with E-state index < -0.39 is 5.60 Å². The van der Waals surface area contributed by atoms with Crippen LogP contribution in [-0.4, -0.2) is 21.9 Å². The van der Waals surface area contributed by atoms with Gasteiger partial charge in [-0.3, -0.25) is 0 Å². The van der Waals surface area contributed by atoms with E-state index in [1.54, 1.807) is 6.92 Å². The fourth-order valence-corrected chi connectivity index (χ4v) is 2.86. The van der Waals surface area contributed by atoms with Gasteiger partial charge in [0.1, 0.15) is 0 Å². The highest BCUT2D eigenvalue weighted by molar-refractivity contribution is 4.97. The minimum Gasteiger partial charge on any atom is -0.393 e. The maximum absolute atomic E-state index is 10.2. The Bertz CT molecular complexity index is 227. The van der Waals surface area contributed by atoms with Gasteiger partial charge in [-0.25, -0.2) is 0 Å². The number of aliphatic hydroxyl groups excluding tert-OH is 1. The largest absolute Gasteiger partial charge is 0.393 e. The minimum absolute atomic E-state index is 0.352. The van der Waals surface area contributed by atoms with Crippen LogP contribution in [-0.2, 0) is 0 Å². The molecule has 16 heavy (non-hydrogen) atoms. The third-order valence-corrected chi connectivity index (χ3v) is 3.53. The molecule has 0 spiro atoms. The Morgan fingerprint density at radius 3 is 2.44 bits per heavy atom. The van der Waals surface area contributed by atoms with Crippen LogP contribution in [0.25, 0.3) is 0 Å². The molecule has 0 saturated heterocycles. The Labute approximate surface area is 99.4 Å². The summed E-state index contributed by atoms with van der Waals surface area (Å²) in [5.41, 5.74) is 0.170. The third-order valence-electron chi connectivity index (χ3n) is 3.53. The molecule has 1 saturated carbocycles. The summed E-state index contributed by atoms with van der Waals surface area (Å²) in [4.78, 5) is 0. The molecule has 2 heteroatoms. The fourth-order valence-electron chi connectivity index (χ4n) is 2.86. The van der Waals surface area contributed by atoms with Crippen LogP contribution in [0.3, 0.4) is 0 Å². The Morgan fingerprint density at radius 1 is 1.38 bits per heavy atom. The van der Waals surface area contributed by atoms with Crippen molar-refractivity contribution < 1.29 is 10.2 Å². The van der Waals surface area contributed by atoms with Crippen molar-refractivity contribution in [3.63, 3.8) is 0 Å². The van der Waals surface area contributed by atoms with Gasteiger partial charge in [0.05, 0.1) is 11.7 Å². The van der Waals surface area contributed by atoms with Gasteiger partial charge in [0.25, 0.3) is 0 Å². The number of hydrogen-bond donors (Lipinski definition) is 2. The highest BCUT2D eigenvalue weighted by atomic mass is 16.3. The van der Waals surface area contributed by atoms with Crippen molar-refractivity contribution in [3.05, 3.63) is 12.2 Å². The van der Waals surface area contributed by atoms with Gasteiger partial charge in [-0.1, -0.05) is 24.8 Å². The van der Waals surface area contributed by atoms with Gasteiger partial charge in [-0.05, 0) is 39.0 Å². The van der Waals surface area contributed by atoms with Crippen LogP contribution >= 0.6 is 0 Å². The van der Waals surface area contributed by atoms with Crippen molar-refractivity contribution in [2.24, 2.45) is 5.92 Å². The molecule has 0 heterocycles. The topological polar surface area (TPSA) is 40.5 Å². The maximum Gasteiger partial charge on any atom is 0.0681 e. The summed E-state index contributed by atoms with van der Waals surface area (Å²) in [6.45, 7) is 7.54. The average Bonchev–Trinajstić information content (AvgIpc) is 2.16. The van der Waals surface area contributed by atoms with Crippen LogP contribution in [0.5, 0.6) is 0 Å². The molecule has 0 amide bonds. The van der Waals surface area contributed by atoms with Crippen LogP contribution in [0.15, 0.2) is 12.2 Å². The molecule has 94 valence electrons. The molecule has 1 rings (SSSR count). The maximum atomic E-state index is 10.2. The minimum atomic E-state index is -0.803. The Morgan fingerprint density at radius 2 is 1.94 bits per heavy atom. The second-order valence-electron chi connectivity index (χ2n) is 5.80. The van der Waals surface area contributed by atoms with Gasteiger partial charge < -0.3 is 10.2 Å². The zero-order valence-electron chi connectivity index (χ0n) is 10.7. The van der Waals surface area contributed by atoms with E-state index >= 15 is 0 Å². The first-order valence-electron chi connectivity index (χ1n) is 6.45. The molecule has 0 aromatic heterocycles. The normalized spacial score (nSPS) is 23.8. The Balaban J connectivity index is 2.41. The summed E-state index contributed by atoms with van der Waals surface area (Å²) in [5.74, 6) is 0.394. The van der Waals surface area contributed by atoms with Gasteiger partial charge in [0, 0.05) is 6.42 Å². The molecular weight excluding hydrogens is 200 g/mol. The third kappa shape index (κ3) is 4.67. The van der Waals surface area contributed by atoms with E-state index in [2.05, 4.69) is 6.58 Å². The number of rotatable bonds is 5. The predicted octanol–water partition coefficient (Wildman–Crippen LogP) is 3.03. The molecular formula is C14H26O2. The first-order valence-corrected chi connectivity index (χ1v) is 6.45. The number of hydrogen-bond acceptors (Lipinski definition) is 2. The van der Waals surface area contributed by atoms with Gasteiger partial charge in [0.15, 0.2) is 0 Å². The van der Waals surface area contributed by atoms with Gasteiger partial charge in [-0.15, -0.1) is 6.58 Å². The first-order chi connectivity index (χ1) is 7.41. The second-order valence-corrected chi connectivity index (χ2v) is 5.80. The van der Waals surface area contributed by atoms with Gasteiger partial charge in [-0.2, -0.15) is 0 Å². The molecule has 0 radical (unpaired) electrons. The summed E-state index contributed by atoms with van der Waals surface area (Å²) in [6, 6.07) is 0. The highest BCUT2D eigenvalue weighted by Crippen LogP contribution is 2.31. The average molecular weight is 226 g/mol. The molecule has 0 unspecified atom stereocenters. The van der Waals surface area contributed by atoms with E-state index in [-0.39, 0.29) is 6.10 Å². The predicted molar refractivity (Wildman–Crippen MR) is 67.3 cm³/mol. The Kier molecular flexibility index (Phi) is 5.00. The zero-order chi connectivity index (χ0) is 12.2. The molecule has 1 fully saturated rings. The molecule has 1 aliphatic rings. The van der Waals surface area contributed by atoms with Crippen LogP contribution < -0.4 is 0 Å². The quantitative estimate of drug-likeness (QED) is 0.707. The van der Waals surface area contributed by atoms with Crippen LogP contribution in [0, 0.1) is 5.92 Å². The zero-order valence-corrected chi connectivity index (χ0v) is 10.7. The monoisotopic (exact) mass is 226 g/mol. The van der Waals surface area contributed by atoms with Crippen molar-refractivity contribution in [3.8, 4) is 0 Å². The summed E-state index contributed by atoms with van der Waals surface area (Å²) in [7, 11) is 0. The lowest BCUT2D eigenvalue weighted by molar-refractivity contribution is -0.0219. The summed E-state index contributed by atoms with van der Waals surface area (Å²) in [6.07, 6.45) is 6.69. The van der Waals surface area contributed by atoms with E-state index in [0.717, 1.165) is 18.4 Å². The van der Waals surface area contributed by atoms with Gasteiger partial charge >= 0.3 is 0 Å². The summed E-state index contributed by atoms with van der Waals surface area (Å²) < 4.78 is 0. The first kappa shape index (κ1) is 13.7. The highest BCUT2D eigenvalue weighted by Gasteiger charge is 2.29. The van der Waals surface area contributed by atoms with Crippen LogP contribution in [0.2, 0.25) is 0 Å². The van der Waals surface area contributed by atoms with E-state index in [9.17, 15) is 10.2 Å². The van der Waals surface area contributed by atoms with Crippen LogP contribution in [0.1, 0.15) is 58.8 Å². The Hall–Kier alpha value is -0.340. The van der Waals surface area contributed by atoms with Crippen molar-refractivity contribution in [1.82, 2.24) is 0 Å². The molecule has 0 aromatic carbocycles. The molecule has 2 atom stereocenters. The van der Waals surface area contributed by atoms with Crippen LogP contribution in [0.4, 0.5) is 0 Å². The second kappa shape index (κ2) is 5.83. The molecule has 2 N–H and O–H groups in total. The van der Waals surface area contributed by atoms with E-state index in [0.29, 0.717) is 18.8 Å². The molecule has 0 bridgehead atoms. The molecule has 0 aromatic rings. The SMILES string of the molecule is C=C(C)C[C@](C)(O)C[C@@H](O)C1CCCCC1. The van der Waals surface area contributed by atoms with Crippen molar-refractivity contribution >= 4 is 0 Å². The van der Waals surface area contributed by atoms with Crippen molar-refractivity contribution in [2.45, 2.75) is 70.5 Å².